The quantitative estimate of drug-likeness (QED) is 0.669. The predicted octanol–water partition coefficient (Wildman–Crippen LogP) is 4.39. The number of hydrogen-bond acceptors (Lipinski definition) is 1. The lowest BCUT2D eigenvalue weighted by Gasteiger charge is -2.59. The molecule has 1 nitrogen and oxygen atoms in total. The number of likely N-dealkylation sites (tertiary alicyclic amines) is 1. The predicted molar refractivity (Wildman–Crippen MR) is 77.7 cm³/mol. The van der Waals surface area contributed by atoms with Gasteiger partial charge in [-0.15, -0.1) is 0 Å². The van der Waals surface area contributed by atoms with Crippen molar-refractivity contribution in [3.63, 3.8) is 0 Å². The Morgan fingerprint density at radius 1 is 1.22 bits per heavy atom. The number of allylic oxidation sites excluding steroid dienone is 1. The molecule has 3 aliphatic rings. The Morgan fingerprint density at radius 3 is 2.61 bits per heavy atom. The maximum absolute atomic E-state index is 2.80. The van der Waals surface area contributed by atoms with Gasteiger partial charge in [0.15, 0.2) is 0 Å². The van der Waals surface area contributed by atoms with Crippen molar-refractivity contribution in [2.75, 3.05) is 13.1 Å². The van der Waals surface area contributed by atoms with Crippen LogP contribution in [-0.2, 0) is 0 Å². The summed E-state index contributed by atoms with van der Waals surface area (Å²) in [7, 11) is 0. The van der Waals surface area contributed by atoms with Crippen LogP contribution in [0.25, 0.3) is 0 Å². The molecule has 0 radical (unpaired) electrons. The lowest BCUT2D eigenvalue weighted by atomic mass is 9.65. The summed E-state index contributed by atoms with van der Waals surface area (Å²) in [6.07, 6.45) is 14.1. The molecule has 2 aliphatic carbocycles. The van der Waals surface area contributed by atoms with Crippen molar-refractivity contribution in [1.29, 1.82) is 0 Å². The summed E-state index contributed by atoms with van der Waals surface area (Å²) in [6.45, 7) is 7.55. The lowest BCUT2D eigenvalue weighted by Crippen LogP contribution is -2.65. The highest BCUT2D eigenvalue weighted by Crippen LogP contribution is 2.53. The van der Waals surface area contributed by atoms with Gasteiger partial charge >= 0.3 is 0 Å². The molecule has 0 aromatic rings. The van der Waals surface area contributed by atoms with E-state index in [2.05, 4.69) is 24.8 Å². The summed E-state index contributed by atoms with van der Waals surface area (Å²) < 4.78 is 0. The standard InChI is InChI=1S/C17H29N/c1-14(2)16-17(10-6-7-11-17)13-18(16)12-15-8-4-3-5-9-15/h8,14,16H,3-7,9-13H2,1-2H3. The molecule has 1 heterocycles. The molecule has 0 aromatic carbocycles. The topological polar surface area (TPSA) is 3.24 Å². The van der Waals surface area contributed by atoms with Gasteiger partial charge in [0.05, 0.1) is 0 Å². The zero-order valence-corrected chi connectivity index (χ0v) is 12.3. The van der Waals surface area contributed by atoms with Crippen LogP contribution in [0.4, 0.5) is 0 Å². The van der Waals surface area contributed by atoms with Crippen molar-refractivity contribution in [1.82, 2.24) is 4.90 Å². The Kier molecular flexibility index (Phi) is 3.53. The first kappa shape index (κ1) is 12.7. The van der Waals surface area contributed by atoms with Crippen molar-refractivity contribution >= 4 is 0 Å². The highest BCUT2D eigenvalue weighted by molar-refractivity contribution is 5.14. The van der Waals surface area contributed by atoms with Gasteiger partial charge in [-0.3, -0.25) is 4.90 Å². The third kappa shape index (κ3) is 2.15. The molecule has 0 N–H and O–H groups in total. The van der Waals surface area contributed by atoms with E-state index in [1.807, 2.05) is 0 Å². The van der Waals surface area contributed by atoms with Crippen LogP contribution in [0.15, 0.2) is 11.6 Å². The number of hydrogen-bond donors (Lipinski definition) is 0. The SMILES string of the molecule is CC(C)C1N(CC2=CCCCC2)CC12CCCC2. The number of nitrogens with zero attached hydrogens (tertiary/aromatic N) is 1. The Balaban J connectivity index is 1.65. The van der Waals surface area contributed by atoms with E-state index in [9.17, 15) is 0 Å². The second-order valence-corrected chi connectivity index (χ2v) is 7.27. The van der Waals surface area contributed by atoms with Crippen LogP contribution in [0.5, 0.6) is 0 Å². The maximum atomic E-state index is 2.80. The molecule has 1 saturated heterocycles. The molecule has 102 valence electrons. The number of rotatable bonds is 3. The first-order valence-electron chi connectivity index (χ1n) is 8.13. The average molecular weight is 247 g/mol. The maximum Gasteiger partial charge on any atom is 0.0196 e. The summed E-state index contributed by atoms with van der Waals surface area (Å²) in [5, 5.41) is 0. The third-order valence-corrected chi connectivity index (χ3v) is 5.56. The summed E-state index contributed by atoms with van der Waals surface area (Å²) in [4.78, 5) is 2.80. The van der Waals surface area contributed by atoms with Gasteiger partial charge in [0.2, 0.25) is 0 Å². The first-order valence-corrected chi connectivity index (χ1v) is 8.13. The van der Waals surface area contributed by atoms with E-state index in [1.54, 1.807) is 5.57 Å². The smallest absolute Gasteiger partial charge is 0.0196 e. The monoisotopic (exact) mass is 247 g/mol. The highest BCUT2D eigenvalue weighted by atomic mass is 15.3. The van der Waals surface area contributed by atoms with E-state index < -0.39 is 0 Å². The highest BCUT2D eigenvalue weighted by Gasteiger charge is 2.54. The van der Waals surface area contributed by atoms with Crippen molar-refractivity contribution in [2.24, 2.45) is 11.3 Å². The zero-order chi connectivity index (χ0) is 12.6. The molecule has 0 bridgehead atoms. The van der Waals surface area contributed by atoms with Gasteiger partial charge in [-0.05, 0) is 49.9 Å². The average Bonchev–Trinajstić information content (AvgIpc) is 2.79. The summed E-state index contributed by atoms with van der Waals surface area (Å²) >= 11 is 0. The molecule has 1 unspecified atom stereocenters. The van der Waals surface area contributed by atoms with Crippen LogP contribution in [0.2, 0.25) is 0 Å². The van der Waals surface area contributed by atoms with Gasteiger partial charge in [-0.25, -0.2) is 0 Å². The van der Waals surface area contributed by atoms with E-state index in [0.717, 1.165) is 17.4 Å². The van der Waals surface area contributed by atoms with Crippen LogP contribution >= 0.6 is 0 Å². The minimum absolute atomic E-state index is 0.726. The fraction of sp³-hybridized carbons (Fsp3) is 0.882. The molecule has 0 amide bonds. The van der Waals surface area contributed by atoms with E-state index in [0.29, 0.717) is 0 Å². The second kappa shape index (κ2) is 5.00. The van der Waals surface area contributed by atoms with Gasteiger partial charge in [0, 0.05) is 19.1 Å². The molecule has 18 heavy (non-hydrogen) atoms. The summed E-state index contributed by atoms with van der Waals surface area (Å²) in [5.41, 5.74) is 2.46. The Morgan fingerprint density at radius 2 is 2.00 bits per heavy atom. The second-order valence-electron chi connectivity index (χ2n) is 7.27. The van der Waals surface area contributed by atoms with Crippen LogP contribution in [0.1, 0.15) is 65.2 Å². The van der Waals surface area contributed by atoms with Crippen molar-refractivity contribution in [3.8, 4) is 0 Å². The minimum Gasteiger partial charge on any atom is -0.295 e. The van der Waals surface area contributed by atoms with Crippen molar-refractivity contribution in [3.05, 3.63) is 11.6 Å². The van der Waals surface area contributed by atoms with E-state index in [-0.39, 0.29) is 0 Å². The molecule has 3 rings (SSSR count). The molecular formula is C17H29N. The van der Waals surface area contributed by atoms with Gasteiger partial charge in [0.1, 0.15) is 0 Å². The molecule has 2 fully saturated rings. The minimum atomic E-state index is 0.726. The van der Waals surface area contributed by atoms with Crippen LogP contribution in [0.3, 0.4) is 0 Å². The molecule has 1 saturated carbocycles. The van der Waals surface area contributed by atoms with Gasteiger partial charge in [-0.1, -0.05) is 38.3 Å². The first-order chi connectivity index (χ1) is 8.71. The molecular weight excluding hydrogens is 218 g/mol. The Bertz CT molecular complexity index is 323. The Labute approximate surface area is 113 Å². The summed E-state index contributed by atoms with van der Waals surface area (Å²) in [5.74, 6) is 0.834. The van der Waals surface area contributed by atoms with Crippen molar-refractivity contribution < 1.29 is 0 Å². The normalized spacial score (nSPS) is 31.7. The molecule has 0 aromatic heterocycles. The molecule has 1 spiro atoms. The Hall–Kier alpha value is -0.300. The summed E-state index contributed by atoms with van der Waals surface area (Å²) in [6, 6.07) is 0.878. The van der Waals surface area contributed by atoms with Gasteiger partial charge in [-0.2, -0.15) is 0 Å². The van der Waals surface area contributed by atoms with E-state index >= 15 is 0 Å². The van der Waals surface area contributed by atoms with Crippen molar-refractivity contribution in [2.45, 2.75) is 71.3 Å². The fourth-order valence-corrected chi connectivity index (χ4v) is 5.00. The van der Waals surface area contributed by atoms with E-state index in [1.165, 1.54) is 64.5 Å². The van der Waals surface area contributed by atoms with Crippen LogP contribution < -0.4 is 0 Å². The fourth-order valence-electron chi connectivity index (χ4n) is 5.00. The molecule has 1 aliphatic heterocycles. The van der Waals surface area contributed by atoms with E-state index in [4.69, 9.17) is 0 Å². The van der Waals surface area contributed by atoms with Gasteiger partial charge in [0.25, 0.3) is 0 Å². The molecule has 1 atom stereocenters. The lowest BCUT2D eigenvalue weighted by molar-refractivity contribution is -0.0888. The largest absolute Gasteiger partial charge is 0.295 e. The van der Waals surface area contributed by atoms with Gasteiger partial charge < -0.3 is 0 Å². The van der Waals surface area contributed by atoms with Crippen LogP contribution in [-0.4, -0.2) is 24.0 Å². The van der Waals surface area contributed by atoms with Crippen LogP contribution in [0, 0.1) is 11.3 Å². The zero-order valence-electron chi connectivity index (χ0n) is 12.3. The molecule has 1 heteroatoms. The third-order valence-electron chi connectivity index (χ3n) is 5.56.